The highest BCUT2D eigenvalue weighted by Crippen LogP contribution is 2.34. The van der Waals surface area contributed by atoms with E-state index >= 15 is 0 Å². The molecule has 0 unspecified atom stereocenters. The molecule has 0 spiro atoms. The molecule has 26 heavy (non-hydrogen) atoms. The van der Waals surface area contributed by atoms with Crippen LogP contribution in [0.5, 0.6) is 0 Å². The molecule has 1 aliphatic rings. The summed E-state index contributed by atoms with van der Waals surface area (Å²) in [5.41, 5.74) is 1.84. The van der Waals surface area contributed by atoms with Crippen LogP contribution in [0.3, 0.4) is 0 Å². The van der Waals surface area contributed by atoms with Crippen molar-refractivity contribution in [3.05, 3.63) is 41.5 Å². The smallest absolute Gasteiger partial charge is 0.270 e. The molecule has 0 saturated heterocycles. The van der Waals surface area contributed by atoms with E-state index in [0.717, 1.165) is 38.4 Å². The van der Waals surface area contributed by atoms with Crippen LogP contribution in [-0.2, 0) is 4.74 Å². The second kappa shape index (κ2) is 12.2. The van der Waals surface area contributed by atoms with E-state index in [-0.39, 0.29) is 0 Å². The molecule has 1 aromatic carbocycles. The van der Waals surface area contributed by atoms with Gasteiger partial charge in [0.05, 0.1) is 6.10 Å². The monoisotopic (exact) mass is 364 g/mol. The van der Waals surface area contributed by atoms with E-state index in [1.165, 1.54) is 50.5 Å². The highest BCUT2D eigenvalue weighted by atomic mass is 19.3. The Hall–Kier alpha value is -1.22. The van der Waals surface area contributed by atoms with E-state index in [1.807, 2.05) is 12.1 Å². The SMILES string of the molecule is CCCCCCCCCOC1CCC(c2ccc(C=C(F)F)cc2)CC1. The van der Waals surface area contributed by atoms with Crippen molar-refractivity contribution < 1.29 is 13.5 Å². The third kappa shape index (κ3) is 7.99. The number of unbranched alkanes of at least 4 members (excludes halogenated alkanes) is 6. The summed E-state index contributed by atoms with van der Waals surface area (Å²) < 4.78 is 30.6. The first-order valence-corrected chi connectivity index (χ1v) is 10.4. The Kier molecular flexibility index (Phi) is 9.91. The standard InChI is InChI=1S/C23H34F2O/c1-2-3-4-5-6-7-8-17-26-22-15-13-21(14-16-22)20-11-9-19(10-12-20)18-23(24)25/h9-12,18,21-22H,2-8,13-17H2,1H3. The lowest BCUT2D eigenvalue weighted by Crippen LogP contribution is -2.21. The van der Waals surface area contributed by atoms with Gasteiger partial charge in [-0.1, -0.05) is 69.7 Å². The maximum absolute atomic E-state index is 12.3. The van der Waals surface area contributed by atoms with Crippen molar-refractivity contribution >= 4 is 6.08 Å². The quantitative estimate of drug-likeness (QED) is 0.365. The summed E-state index contributed by atoms with van der Waals surface area (Å²) >= 11 is 0. The average Bonchev–Trinajstić information content (AvgIpc) is 2.65. The minimum Gasteiger partial charge on any atom is -0.378 e. The number of hydrogen-bond acceptors (Lipinski definition) is 1. The fourth-order valence-electron chi connectivity index (χ4n) is 3.86. The molecule has 1 aliphatic carbocycles. The molecule has 0 radical (unpaired) electrons. The molecule has 1 nitrogen and oxygen atoms in total. The molecule has 0 bridgehead atoms. The molecule has 0 aliphatic heterocycles. The summed E-state index contributed by atoms with van der Waals surface area (Å²) in [7, 11) is 0. The third-order valence-electron chi connectivity index (χ3n) is 5.46. The number of halogens is 2. The van der Waals surface area contributed by atoms with Gasteiger partial charge >= 0.3 is 0 Å². The van der Waals surface area contributed by atoms with Gasteiger partial charge in [-0.2, -0.15) is 8.78 Å². The first-order chi connectivity index (χ1) is 12.7. The van der Waals surface area contributed by atoms with Gasteiger partial charge in [0.15, 0.2) is 0 Å². The van der Waals surface area contributed by atoms with Gasteiger partial charge < -0.3 is 4.74 Å². The van der Waals surface area contributed by atoms with Gasteiger partial charge in [0.2, 0.25) is 0 Å². The van der Waals surface area contributed by atoms with Crippen molar-refractivity contribution in [2.75, 3.05) is 6.61 Å². The third-order valence-corrected chi connectivity index (χ3v) is 5.46. The molecule has 0 aromatic heterocycles. The highest BCUT2D eigenvalue weighted by Gasteiger charge is 2.22. The van der Waals surface area contributed by atoms with Crippen molar-refractivity contribution in [1.82, 2.24) is 0 Å². The second-order valence-corrected chi connectivity index (χ2v) is 7.57. The van der Waals surface area contributed by atoms with Gasteiger partial charge in [-0.25, -0.2) is 0 Å². The molecule has 1 aromatic rings. The van der Waals surface area contributed by atoms with Crippen molar-refractivity contribution in [1.29, 1.82) is 0 Å². The van der Waals surface area contributed by atoms with Crippen LogP contribution >= 0.6 is 0 Å². The van der Waals surface area contributed by atoms with Gasteiger partial charge in [-0.05, 0) is 49.1 Å². The molecular formula is C23H34F2O. The predicted octanol–water partition coefficient (Wildman–Crippen LogP) is 7.72. The Morgan fingerprint density at radius 1 is 0.923 bits per heavy atom. The highest BCUT2D eigenvalue weighted by molar-refractivity contribution is 5.50. The minimum atomic E-state index is -1.64. The Morgan fingerprint density at radius 3 is 2.15 bits per heavy atom. The zero-order chi connectivity index (χ0) is 18.6. The fraction of sp³-hybridized carbons (Fsp3) is 0.652. The van der Waals surface area contributed by atoms with Crippen LogP contribution in [0.25, 0.3) is 6.08 Å². The molecule has 146 valence electrons. The van der Waals surface area contributed by atoms with E-state index in [1.54, 1.807) is 12.1 Å². The number of rotatable bonds is 11. The van der Waals surface area contributed by atoms with Gasteiger partial charge in [-0.15, -0.1) is 0 Å². The molecule has 0 heterocycles. The lowest BCUT2D eigenvalue weighted by Gasteiger charge is -2.29. The van der Waals surface area contributed by atoms with Crippen molar-refractivity contribution in [3.8, 4) is 0 Å². The van der Waals surface area contributed by atoms with Crippen LogP contribution in [0.15, 0.2) is 30.3 Å². The van der Waals surface area contributed by atoms with Gasteiger partial charge in [0, 0.05) is 12.7 Å². The Bertz CT molecular complexity index is 512. The lowest BCUT2D eigenvalue weighted by atomic mass is 9.82. The normalized spacial score (nSPS) is 20.1. The Labute approximate surface area is 157 Å². The van der Waals surface area contributed by atoms with Crippen molar-refractivity contribution in [3.63, 3.8) is 0 Å². The van der Waals surface area contributed by atoms with Crippen LogP contribution < -0.4 is 0 Å². The summed E-state index contributed by atoms with van der Waals surface area (Å²) in [6.45, 7) is 3.15. The largest absolute Gasteiger partial charge is 0.378 e. The Balaban J connectivity index is 1.59. The summed E-state index contributed by atoms with van der Waals surface area (Å²) in [6.07, 6.45) is 13.4. The van der Waals surface area contributed by atoms with Crippen LogP contribution in [0.4, 0.5) is 8.78 Å². The molecule has 2 rings (SSSR count). The molecule has 0 N–H and O–H groups in total. The van der Waals surface area contributed by atoms with Crippen LogP contribution in [-0.4, -0.2) is 12.7 Å². The summed E-state index contributed by atoms with van der Waals surface area (Å²) in [6, 6.07) is 7.58. The van der Waals surface area contributed by atoms with Gasteiger partial charge in [0.25, 0.3) is 6.08 Å². The summed E-state index contributed by atoms with van der Waals surface area (Å²) in [4.78, 5) is 0. The van der Waals surface area contributed by atoms with Crippen molar-refractivity contribution in [2.45, 2.75) is 89.6 Å². The van der Waals surface area contributed by atoms with Crippen molar-refractivity contribution in [2.24, 2.45) is 0 Å². The topological polar surface area (TPSA) is 9.23 Å². The Morgan fingerprint density at radius 2 is 1.54 bits per heavy atom. The lowest BCUT2D eigenvalue weighted by molar-refractivity contribution is 0.0226. The number of hydrogen-bond donors (Lipinski definition) is 0. The zero-order valence-electron chi connectivity index (χ0n) is 16.2. The summed E-state index contributed by atoms with van der Waals surface area (Å²) in [5.74, 6) is 0.543. The maximum Gasteiger partial charge on any atom is 0.270 e. The van der Waals surface area contributed by atoms with E-state index in [2.05, 4.69) is 6.92 Å². The summed E-state index contributed by atoms with van der Waals surface area (Å²) in [5, 5.41) is 0. The molecule has 1 saturated carbocycles. The van der Waals surface area contributed by atoms with E-state index in [4.69, 9.17) is 4.74 Å². The number of benzene rings is 1. The molecule has 3 heteroatoms. The molecule has 0 amide bonds. The predicted molar refractivity (Wildman–Crippen MR) is 106 cm³/mol. The number of ether oxygens (including phenoxy) is 1. The molecule has 1 fully saturated rings. The average molecular weight is 365 g/mol. The molecular weight excluding hydrogens is 330 g/mol. The van der Waals surface area contributed by atoms with Gasteiger partial charge in [0.1, 0.15) is 0 Å². The zero-order valence-corrected chi connectivity index (χ0v) is 16.2. The van der Waals surface area contributed by atoms with E-state index in [9.17, 15) is 8.78 Å². The maximum atomic E-state index is 12.3. The van der Waals surface area contributed by atoms with E-state index < -0.39 is 6.08 Å². The fourth-order valence-corrected chi connectivity index (χ4v) is 3.86. The van der Waals surface area contributed by atoms with Crippen LogP contribution in [0.2, 0.25) is 0 Å². The van der Waals surface area contributed by atoms with Gasteiger partial charge in [-0.3, -0.25) is 0 Å². The van der Waals surface area contributed by atoms with E-state index in [0.29, 0.717) is 17.6 Å². The second-order valence-electron chi connectivity index (χ2n) is 7.57. The first kappa shape index (κ1) is 21.1. The molecule has 0 atom stereocenters. The van der Waals surface area contributed by atoms with Crippen LogP contribution in [0, 0.1) is 0 Å². The first-order valence-electron chi connectivity index (χ1n) is 10.4. The van der Waals surface area contributed by atoms with Crippen LogP contribution in [0.1, 0.15) is 94.6 Å². The minimum absolute atomic E-state index is 0.411.